The van der Waals surface area contributed by atoms with E-state index in [2.05, 4.69) is 28.1 Å². The number of nitriles is 1. The van der Waals surface area contributed by atoms with Gasteiger partial charge in [-0.15, -0.1) is 0 Å². The number of fused-ring (bicyclic) bond motifs is 2. The summed E-state index contributed by atoms with van der Waals surface area (Å²) in [7, 11) is 0. The monoisotopic (exact) mass is 801 g/mol. The molecule has 4 fully saturated rings. The van der Waals surface area contributed by atoms with Gasteiger partial charge in [-0.1, -0.05) is 11.6 Å². The largest absolute Gasteiger partial charge is 0.371 e. The minimum atomic E-state index is -1.02. The van der Waals surface area contributed by atoms with Crippen LogP contribution in [0.4, 0.5) is 11.4 Å². The molecule has 3 aromatic carbocycles. The Balaban J connectivity index is 0.760. The molecule has 13 nitrogen and oxygen atoms in total. The van der Waals surface area contributed by atoms with E-state index in [1.807, 2.05) is 41.3 Å². The first kappa shape index (κ1) is 37.8. The van der Waals surface area contributed by atoms with Gasteiger partial charge >= 0.3 is 0 Å². The second-order valence-corrected chi connectivity index (χ2v) is 17.2. The summed E-state index contributed by atoms with van der Waals surface area (Å²) < 4.78 is 0. The maximum atomic E-state index is 13.7. The zero-order chi connectivity index (χ0) is 40.5. The second-order valence-electron chi connectivity index (χ2n) is 16.8. The fourth-order valence-corrected chi connectivity index (χ4v) is 10.4. The number of hydrogen-bond donors (Lipinski definition) is 1. The van der Waals surface area contributed by atoms with Crippen LogP contribution in [0.2, 0.25) is 5.02 Å². The smallest absolute Gasteiger partial charge is 0.262 e. The molecular formula is C44H44ClN7O6. The molecule has 6 amide bonds. The van der Waals surface area contributed by atoms with Gasteiger partial charge in [0, 0.05) is 81.1 Å². The van der Waals surface area contributed by atoms with Crippen LogP contribution in [0.1, 0.15) is 86.8 Å². The molecular weight excluding hydrogens is 758 g/mol. The minimum Gasteiger partial charge on any atom is -0.371 e. The first-order valence-electron chi connectivity index (χ1n) is 20.2. The number of nitrogens with zero attached hydrogens (tertiary/aromatic N) is 6. The van der Waals surface area contributed by atoms with E-state index in [4.69, 9.17) is 11.6 Å². The molecule has 4 saturated heterocycles. The second kappa shape index (κ2) is 14.6. The van der Waals surface area contributed by atoms with Crippen LogP contribution < -0.4 is 15.1 Å². The molecule has 0 radical (unpaired) electrons. The van der Waals surface area contributed by atoms with Crippen molar-refractivity contribution in [2.45, 2.75) is 64.0 Å². The maximum absolute atomic E-state index is 13.7. The van der Waals surface area contributed by atoms with Gasteiger partial charge in [-0.25, -0.2) is 0 Å². The van der Waals surface area contributed by atoms with E-state index in [0.717, 1.165) is 66.3 Å². The van der Waals surface area contributed by atoms with E-state index in [-0.39, 0.29) is 47.1 Å². The van der Waals surface area contributed by atoms with E-state index in [9.17, 15) is 34.0 Å². The van der Waals surface area contributed by atoms with Gasteiger partial charge < -0.3 is 19.6 Å². The Hall–Kier alpha value is -5.74. The predicted octanol–water partition coefficient (Wildman–Crippen LogP) is 4.20. The van der Waals surface area contributed by atoms with Crippen LogP contribution in [0.15, 0.2) is 54.6 Å². The van der Waals surface area contributed by atoms with E-state index < -0.39 is 29.7 Å². The summed E-state index contributed by atoms with van der Waals surface area (Å²) in [5, 5.41) is 12.0. The number of rotatable bonds is 5. The van der Waals surface area contributed by atoms with Crippen LogP contribution in [0, 0.1) is 22.7 Å². The van der Waals surface area contributed by atoms with E-state index in [0.29, 0.717) is 61.2 Å². The average molecular weight is 802 g/mol. The van der Waals surface area contributed by atoms with Crippen LogP contribution in [0.25, 0.3) is 0 Å². The number of nitrogens with one attached hydrogen (secondary N) is 1. The molecule has 2 atom stereocenters. The highest BCUT2D eigenvalue weighted by Gasteiger charge is 2.47. The van der Waals surface area contributed by atoms with Crippen molar-refractivity contribution in [3.8, 4) is 6.07 Å². The van der Waals surface area contributed by atoms with Crippen molar-refractivity contribution < 1.29 is 28.8 Å². The molecule has 5 heterocycles. The first-order valence-corrected chi connectivity index (χ1v) is 20.6. The SMILES string of the molecule is C[C@H]1CC2(CCN(c3ccc(C(=O)N4CCN(C(=O)C5Cc6cc7c(cc6C5)C(=O)N(C5CCC(=O)NC5=O)C7=O)CC4)cc3)CC2)CN1c1ccc(C#N)c(Cl)c1. The lowest BCUT2D eigenvalue weighted by Gasteiger charge is -2.40. The summed E-state index contributed by atoms with van der Waals surface area (Å²) in [5.41, 5.74) is 5.65. The van der Waals surface area contributed by atoms with Gasteiger partial charge in [0.2, 0.25) is 17.7 Å². The van der Waals surface area contributed by atoms with Crippen molar-refractivity contribution in [2.75, 3.05) is 55.6 Å². The molecule has 1 spiro atoms. The lowest BCUT2D eigenvalue weighted by molar-refractivity contribution is -0.137. The molecule has 1 aliphatic carbocycles. The fourth-order valence-electron chi connectivity index (χ4n) is 10.2. The molecule has 3 aromatic rings. The zero-order valence-corrected chi connectivity index (χ0v) is 33.1. The molecule has 1 unspecified atom stereocenters. The molecule has 1 N–H and O–H groups in total. The Kier molecular flexibility index (Phi) is 9.50. The third-order valence-corrected chi connectivity index (χ3v) is 13.7. The third-order valence-electron chi connectivity index (χ3n) is 13.4. The standard InChI is InChI=1S/C44H44ClN7O6/c1-26-23-44(25-51(26)33-7-4-28(24-46)36(45)22-33)10-12-48(13-11-44)32-5-2-27(3-6-32)40(55)49-14-16-50(17-15-49)41(56)31-18-29-20-34-35(21-30(29)19-31)43(58)52(42(34)57)37-8-9-38(53)47-39(37)54/h2-7,20-22,26,31,37H,8-19,23,25H2,1H3,(H,47,53,54)/t26-,37?/m0/s1. The number of carbonyl (C=O) groups excluding carboxylic acids is 6. The highest BCUT2D eigenvalue weighted by atomic mass is 35.5. The molecule has 6 aliphatic rings. The lowest BCUT2D eigenvalue weighted by Crippen LogP contribution is -2.54. The Labute approximate surface area is 341 Å². The number of benzene rings is 3. The van der Waals surface area contributed by atoms with Crippen molar-refractivity contribution in [2.24, 2.45) is 11.3 Å². The summed E-state index contributed by atoms with van der Waals surface area (Å²) in [5.74, 6) is -2.56. The van der Waals surface area contributed by atoms with Crippen LogP contribution in [0.3, 0.4) is 0 Å². The van der Waals surface area contributed by atoms with E-state index in [1.54, 1.807) is 23.1 Å². The van der Waals surface area contributed by atoms with E-state index >= 15 is 0 Å². The normalized spacial score (nSPS) is 23.0. The molecule has 0 aromatic heterocycles. The Morgan fingerprint density at radius 3 is 2.05 bits per heavy atom. The number of anilines is 2. The number of hydrogen-bond acceptors (Lipinski definition) is 9. The van der Waals surface area contributed by atoms with Crippen LogP contribution >= 0.6 is 11.6 Å². The van der Waals surface area contributed by atoms with Crippen molar-refractivity contribution in [3.63, 3.8) is 0 Å². The Morgan fingerprint density at radius 1 is 0.828 bits per heavy atom. The molecule has 9 rings (SSSR count). The van der Waals surface area contributed by atoms with Gasteiger partial charge in [0.15, 0.2) is 0 Å². The topological polar surface area (TPSA) is 154 Å². The molecule has 0 bridgehead atoms. The molecule has 58 heavy (non-hydrogen) atoms. The third kappa shape index (κ3) is 6.57. The number of halogens is 1. The summed E-state index contributed by atoms with van der Waals surface area (Å²) in [4.78, 5) is 87.4. The van der Waals surface area contributed by atoms with Crippen molar-refractivity contribution in [1.29, 1.82) is 5.26 Å². The highest BCUT2D eigenvalue weighted by molar-refractivity contribution is 6.32. The van der Waals surface area contributed by atoms with Crippen molar-refractivity contribution in [1.82, 2.24) is 20.0 Å². The van der Waals surface area contributed by atoms with Crippen LogP contribution in [0.5, 0.6) is 0 Å². The molecule has 14 heteroatoms. The van der Waals surface area contributed by atoms with Gasteiger partial charge in [0.25, 0.3) is 17.7 Å². The number of carbonyl (C=O) groups is 6. The van der Waals surface area contributed by atoms with Gasteiger partial charge in [-0.05, 0) is 117 Å². The van der Waals surface area contributed by atoms with Gasteiger partial charge in [-0.3, -0.25) is 39.0 Å². The van der Waals surface area contributed by atoms with Gasteiger partial charge in [-0.2, -0.15) is 5.26 Å². The lowest BCUT2D eigenvalue weighted by atomic mass is 9.76. The van der Waals surface area contributed by atoms with Gasteiger partial charge in [0.05, 0.1) is 21.7 Å². The summed E-state index contributed by atoms with van der Waals surface area (Å²) in [6.45, 7) is 6.80. The maximum Gasteiger partial charge on any atom is 0.262 e. The summed E-state index contributed by atoms with van der Waals surface area (Å²) >= 11 is 6.37. The van der Waals surface area contributed by atoms with Crippen LogP contribution in [-0.4, -0.2) is 108 Å². The number of imide groups is 2. The number of piperidine rings is 2. The Bertz CT molecular complexity index is 2260. The first-order chi connectivity index (χ1) is 27.9. The Morgan fingerprint density at radius 2 is 1.45 bits per heavy atom. The number of amides is 6. The fraction of sp³-hybridized carbons (Fsp3) is 0.432. The zero-order valence-electron chi connectivity index (χ0n) is 32.3. The predicted molar refractivity (Wildman–Crippen MR) is 214 cm³/mol. The van der Waals surface area contributed by atoms with Crippen molar-refractivity contribution in [3.05, 3.63) is 93.0 Å². The van der Waals surface area contributed by atoms with Crippen LogP contribution in [-0.2, 0) is 27.2 Å². The molecule has 5 aliphatic heterocycles. The van der Waals surface area contributed by atoms with Gasteiger partial charge in [0.1, 0.15) is 12.1 Å². The molecule has 298 valence electrons. The summed E-state index contributed by atoms with van der Waals surface area (Å²) in [6, 6.07) is 18.5. The van der Waals surface area contributed by atoms with E-state index in [1.165, 1.54) is 0 Å². The average Bonchev–Trinajstić information content (AvgIpc) is 3.87. The molecule has 0 saturated carbocycles. The highest BCUT2D eigenvalue weighted by Crippen LogP contribution is 2.46. The summed E-state index contributed by atoms with van der Waals surface area (Å²) in [6.07, 6.45) is 4.29. The number of piperazine rings is 1. The van der Waals surface area contributed by atoms with Crippen molar-refractivity contribution >= 4 is 58.4 Å². The minimum absolute atomic E-state index is 0.00244. The quantitative estimate of drug-likeness (QED) is 0.374.